The molecular weight excluding hydrogens is 100 g/mol. The van der Waals surface area contributed by atoms with E-state index in [1.807, 2.05) is 6.42 Å². The zero-order valence-corrected chi connectivity index (χ0v) is 5.07. The van der Waals surface area contributed by atoms with Gasteiger partial charge >= 0.3 is 0 Å². The number of hydrogen-bond donors (Lipinski definition) is 0. The van der Waals surface area contributed by atoms with Crippen molar-refractivity contribution in [2.75, 3.05) is 0 Å². The van der Waals surface area contributed by atoms with Gasteiger partial charge in [-0.3, -0.25) is 0 Å². The van der Waals surface area contributed by atoms with Gasteiger partial charge in [0, 0.05) is 0 Å². The summed E-state index contributed by atoms with van der Waals surface area (Å²) < 4.78 is 0. The van der Waals surface area contributed by atoms with Crippen LogP contribution < -0.4 is 0 Å². The summed E-state index contributed by atoms with van der Waals surface area (Å²) in [5, 5.41) is 1.20. The van der Waals surface area contributed by atoms with Crippen LogP contribution in [0.1, 0.15) is 0 Å². The van der Waals surface area contributed by atoms with Crippen molar-refractivity contribution in [3.05, 3.63) is 30.3 Å². The topological polar surface area (TPSA) is 0 Å². The summed E-state index contributed by atoms with van der Waals surface area (Å²) >= 11 is 0. The second-order valence-electron chi connectivity index (χ2n) is 1.53. The molecule has 1 heteroatoms. The summed E-state index contributed by atoms with van der Waals surface area (Å²) in [6.45, 7) is 7.51. The quantitative estimate of drug-likeness (QED) is 0.316. The van der Waals surface area contributed by atoms with Crippen LogP contribution in [-0.4, -0.2) is 14.8 Å². The average Bonchev–Trinajstić information content (AvgIpc) is 1.87. The Morgan fingerprint density at radius 3 is 2.43 bits per heavy atom. The Balaban J connectivity index is 2.76. The van der Waals surface area contributed by atoms with Crippen molar-refractivity contribution in [1.29, 1.82) is 0 Å². The largest absolute Gasteiger partial charge is 0.172 e. The predicted molar refractivity (Wildman–Crippen MR) is 34.4 cm³/mol. The molecular formula is C6H6Si-. The Bertz CT molecular complexity index is 126. The summed E-state index contributed by atoms with van der Waals surface area (Å²) in [6.07, 6.45) is 2.01. The molecule has 1 aliphatic heterocycles. The van der Waals surface area contributed by atoms with E-state index in [1.54, 1.807) is 0 Å². The standard InChI is InChI=1S/C6H6Si/c1-5-3-6(2)7-4-5/h3-4H,1-2H2/q-1. The first-order valence-corrected chi connectivity index (χ1v) is 3.19. The van der Waals surface area contributed by atoms with Gasteiger partial charge in [-0.05, 0) is 9.13 Å². The molecule has 0 fully saturated rings. The lowest BCUT2D eigenvalue weighted by atomic mass is 10.2. The minimum Gasteiger partial charge on any atom is -0.172 e. The molecule has 0 aliphatic carbocycles. The maximum Gasteiger partial charge on any atom is -0.0223 e. The summed E-state index contributed by atoms with van der Waals surface area (Å²) in [7, 11) is 0.788. The Kier molecular flexibility index (Phi) is 0.986. The fourth-order valence-corrected chi connectivity index (χ4v) is 1.22. The molecule has 0 saturated heterocycles. The molecule has 0 aromatic heterocycles. The van der Waals surface area contributed by atoms with Gasteiger partial charge in [0.2, 0.25) is 0 Å². The van der Waals surface area contributed by atoms with Gasteiger partial charge in [-0.2, -0.15) is 18.7 Å². The Morgan fingerprint density at radius 1 is 1.57 bits per heavy atom. The van der Waals surface area contributed by atoms with Crippen molar-refractivity contribution in [1.82, 2.24) is 0 Å². The van der Waals surface area contributed by atoms with E-state index in [9.17, 15) is 0 Å². The SMILES string of the molecule is C=C1C=[Si]C(=C)[CH-]1. The smallest absolute Gasteiger partial charge is 0.0223 e. The fraction of sp³-hybridized carbons (Fsp3) is 0. The average molecular weight is 106 g/mol. The molecule has 0 unspecified atom stereocenters. The van der Waals surface area contributed by atoms with Crippen LogP contribution in [0.25, 0.3) is 0 Å². The van der Waals surface area contributed by atoms with Gasteiger partial charge < -0.3 is 0 Å². The fourth-order valence-electron chi connectivity index (χ4n) is 0.493. The number of allylic oxidation sites excluding steroid dienone is 2. The first-order chi connectivity index (χ1) is 3.29. The van der Waals surface area contributed by atoms with Gasteiger partial charge in [0.1, 0.15) is 0 Å². The summed E-state index contributed by atoms with van der Waals surface area (Å²) in [5.74, 6) is 0. The highest BCUT2D eigenvalue weighted by Crippen LogP contribution is 2.04. The third-order valence-electron chi connectivity index (χ3n) is 0.803. The molecule has 0 nitrogen and oxygen atoms in total. The van der Waals surface area contributed by atoms with Gasteiger partial charge in [-0.25, -0.2) is 0 Å². The van der Waals surface area contributed by atoms with E-state index in [1.165, 1.54) is 5.20 Å². The molecule has 1 aliphatic rings. The number of rotatable bonds is 0. The Hall–Kier alpha value is -0.563. The molecule has 7 heavy (non-hydrogen) atoms. The van der Waals surface area contributed by atoms with Crippen LogP contribution in [0.4, 0.5) is 0 Å². The van der Waals surface area contributed by atoms with Crippen LogP contribution in [0.15, 0.2) is 23.9 Å². The Morgan fingerprint density at radius 2 is 2.29 bits per heavy atom. The molecule has 0 N–H and O–H groups in total. The first kappa shape index (κ1) is 4.59. The van der Waals surface area contributed by atoms with Crippen LogP contribution in [0.2, 0.25) is 0 Å². The summed E-state index contributed by atoms with van der Waals surface area (Å²) in [5.41, 5.74) is 3.21. The third kappa shape index (κ3) is 0.902. The van der Waals surface area contributed by atoms with E-state index in [-0.39, 0.29) is 0 Å². The molecule has 35 valence electrons. The molecule has 0 spiro atoms. The highest BCUT2D eigenvalue weighted by molar-refractivity contribution is 6.61. The zero-order chi connectivity index (χ0) is 5.28. The number of hydrogen-bond acceptors (Lipinski definition) is 0. The molecule has 0 atom stereocenters. The lowest BCUT2D eigenvalue weighted by molar-refractivity contribution is 1.71. The van der Waals surface area contributed by atoms with E-state index in [4.69, 9.17) is 0 Å². The van der Waals surface area contributed by atoms with Gasteiger partial charge in [-0.1, -0.05) is 0 Å². The van der Waals surface area contributed by atoms with Crippen LogP contribution >= 0.6 is 0 Å². The van der Waals surface area contributed by atoms with Gasteiger partial charge in [0.15, 0.2) is 0 Å². The van der Waals surface area contributed by atoms with Crippen LogP contribution in [0.3, 0.4) is 0 Å². The molecule has 1 rings (SSSR count). The first-order valence-electron chi connectivity index (χ1n) is 2.11. The van der Waals surface area contributed by atoms with E-state index in [0.717, 1.165) is 14.7 Å². The van der Waals surface area contributed by atoms with Gasteiger partial charge in [0.25, 0.3) is 0 Å². The van der Waals surface area contributed by atoms with Crippen LogP contribution in [-0.2, 0) is 0 Å². The van der Waals surface area contributed by atoms with E-state index in [2.05, 4.69) is 18.8 Å². The van der Waals surface area contributed by atoms with Crippen LogP contribution in [0, 0.1) is 6.42 Å². The second kappa shape index (κ2) is 1.50. The molecule has 0 aromatic carbocycles. The van der Waals surface area contributed by atoms with Gasteiger partial charge in [-0.15, -0.1) is 17.3 Å². The van der Waals surface area contributed by atoms with Crippen molar-refractivity contribution in [3.63, 3.8) is 0 Å². The van der Waals surface area contributed by atoms with E-state index in [0.29, 0.717) is 0 Å². The van der Waals surface area contributed by atoms with E-state index < -0.39 is 0 Å². The zero-order valence-electron chi connectivity index (χ0n) is 4.07. The lowest BCUT2D eigenvalue weighted by Gasteiger charge is -1.94. The van der Waals surface area contributed by atoms with Crippen molar-refractivity contribution in [2.24, 2.45) is 0 Å². The summed E-state index contributed by atoms with van der Waals surface area (Å²) in [4.78, 5) is 0. The molecule has 0 aromatic rings. The predicted octanol–water partition coefficient (Wildman–Crippen LogP) is 0.781. The maximum atomic E-state index is 3.77. The lowest BCUT2D eigenvalue weighted by Crippen LogP contribution is -1.71. The molecule has 0 saturated carbocycles. The van der Waals surface area contributed by atoms with E-state index >= 15 is 0 Å². The van der Waals surface area contributed by atoms with Gasteiger partial charge in [0.05, 0.1) is 0 Å². The Labute approximate surface area is 46.0 Å². The summed E-state index contributed by atoms with van der Waals surface area (Å²) in [6, 6.07) is 0. The minimum absolute atomic E-state index is 0.788. The molecule has 1 radical (unpaired) electrons. The highest BCUT2D eigenvalue weighted by atomic mass is 28.2. The monoisotopic (exact) mass is 106 g/mol. The minimum atomic E-state index is 0.788. The molecule has 0 bridgehead atoms. The van der Waals surface area contributed by atoms with Crippen LogP contribution in [0.5, 0.6) is 0 Å². The van der Waals surface area contributed by atoms with Crippen molar-refractivity contribution >= 4 is 14.8 Å². The van der Waals surface area contributed by atoms with Crippen molar-refractivity contribution in [3.8, 4) is 0 Å². The normalized spacial score (nSPS) is 17.7. The molecule has 0 amide bonds. The maximum absolute atomic E-state index is 3.77. The van der Waals surface area contributed by atoms with Crippen molar-refractivity contribution in [2.45, 2.75) is 0 Å². The highest BCUT2D eigenvalue weighted by Gasteiger charge is 1.88. The third-order valence-corrected chi connectivity index (χ3v) is 1.83. The van der Waals surface area contributed by atoms with Crippen molar-refractivity contribution < 1.29 is 0 Å². The molecule has 1 heterocycles. The second-order valence-corrected chi connectivity index (χ2v) is 2.75.